The van der Waals surface area contributed by atoms with E-state index >= 15 is 0 Å². The van der Waals surface area contributed by atoms with Crippen LogP contribution in [0.1, 0.15) is 44.9 Å². The van der Waals surface area contributed by atoms with Crippen LogP contribution >= 0.6 is 0 Å². The Morgan fingerprint density at radius 2 is 2.09 bits per heavy atom. The first-order valence-corrected chi connectivity index (χ1v) is 11.5. The van der Waals surface area contributed by atoms with Crippen LogP contribution in [0.5, 0.6) is 0 Å². The molecule has 3 aliphatic rings. The van der Waals surface area contributed by atoms with Gasteiger partial charge < -0.3 is 19.9 Å². The highest BCUT2D eigenvalue weighted by Gasteiger charge is 2.61. The number of carbonyl (C=O) groups is 3. The summed E-state index contributed by atoms with van der Waals surface area (Å²) in [5, 5.41) is 4.00. The van der Waals surface area contributed by atoms with Gasteiger partial charge in [-0.2, -0.15) is 0 Å². The summed E-state index contributed by atoms with van der Waals surface area (Å²) >= 11 is 0. The van der Waals surface area contributed by atoms with Crippen molar-refractivity contribution in [2.24, 2.45) is 5.92 Å². The van der Waals surface area contributed by atoms with Gasteiger partial charge in [-0.3, -0.25) is 9.59 Å². The summed E-state index contributed by atoms with van der Waals surface area (Å²) in [6.07, 6.45) is 2.55. The topological polar surface area (TPSA) is 94.7 Å². The van der Waals surface area contributed by atoms with Crippen LogP contribution < -0.4 is 5.32 Å². The van der Waals surface area contributed by atoms with Crippen LogP contribution in [0.2, 0.25) is 0 Å². The van der Waals surface area contributed by atoms with E-state index in [0.717, 1.165) is 35.0 Å². The number of hydrogen-bond donors (Lipinski definition) is 2. The molecule has 1 aromatic heterocycles. The molecule has 0 radical (unpaired) electrons. The first kappa shape index (κ1) is 21.0. The number of benzene rings is 1. The number of imide groups is 1. The molecule has 2 aromatic rings. The fraction of sp³-hybridized carbons (Fsp3) is 0.542. The molecular formula is C24H30N4O4. The third-order valence-electron chi connectivity index (χ3n) is 7.20. The molecule has 4 heterocycles. The van der Waals surface area contributed by atoms with Crippen molar-refractivity contribution in [3.05, 3.63) is 35.5 Å². The van der Waals surface area contributed by atoms with Gasteiger partial charge in [0, 0.05) is 30.6 Å². The van der Waals surface area contributed by atoms with E-state index in [0.29, 0.717) is 26.1 Å². The fourth-order valence-corrected chi connectivity index (χ4v) is 5.51. The number of carbonyl (C=O) groups excluding carboxylic acids is 3. The average Bonchev–Trinajstić information content (AvgIpc) is 3.46. The molecule has 2 saturated heterocycles. The van der Waals surface area contributed by atoms with Crippen LogP contribution in [0.3, 0.4) is 0 Å². The molecule has 0 spiro atoms. The van der Waals surface area contributed by atoms with Crippen molar-refractivity contribution in [1.82, 2.24) is 20.1 Å². The molecule has 0 saturated carbocycles. The number of amides is 4. The Balaban J connectivity index is 1.48. The maximum Gasteiger partial charge on any atom is 0.328 e. The summed E-state index contributed by atoms with van der Waals surface area (Å²) < 4.78 is 5.60. The standard InChI is InChI=1S/C24H30N4O4/c1-14(2)19(21(29)25-13-15-7-6-12-32-15)28-22(30)24(3)20-17(10-11-27(24)23(28)31)16-8-4-5-9-18(16)26-20/h4-5,8-9,14-15,19,26H,6-7,10-13H2,1-3H3,(H,25,29)/t15-,19+,24+/m1/s1. The number of ether oxygens (including phenoxy) is 1. The van der Waals surface area contributed by atoms with Crippen LogP contribution in [0.25, 0.3) is 10.9 Å². The van der Waals surface area contributed by atoms with Crippen LogP contribution in [0.4, 0.5) is 4.79 Å². The van der Waals surface area contributed by atoms with Gasteiger partial charge in [-0.05, 0) is 43.7 Å². The number of fused-ring (bicyclic) bond motifs is 5. The molecule has 8 heteroatoms. The van der Waals surface area contributed by atoms with Crippen LogP contribution in [-0.2, 0) is 26.3 Å². The second-order valence-corrected chi connectivity index (χ2v) is 9.52. The van der Waals surface area contributed by atoms with Gasteiger partial charge in [-0.1, -0.05) is 32.0 Å². The lowest BCUT2D eigenvalue weighted by Crippen LogP contribution is -2.54. The molecule has 32 heavy (non-hydrogen) atoms. The molecule has 0 aliphatic carbocycles. The van der Waals surface area contributed by atoms with E-state index in [1.54, 1.807) is 11.8 Å². The number of aromatic amines is 1. The summed E-state index contributed by atoms with van der Waals surface area (Å²) in [6.45, 7) is 7.07. The van der Waals surface area contributed by atoms with Gasteiger partial charge >= 0.3 is 6.03 Å². The van der Waals surface area contributed by atoms with Crippen molar-refractivity contribution in [3.63, 3.8) is 0 Å². The normalized spacial score (nSPS) is 26.1. The monoisotopic (exact) mass is 438 g/mol. The SMILES string of the molecule is CC(C)[C@@H](C(=O)NC[C@H]1CCCO1)N1C(=O)N2CCc3c([nH]c4ccccc34)[C@@]2(C)C1=O. The molecule has 1 aromatic carbocycles. The lowest BCUT2D eigenvalue weighted by Gasteiger charge is -2.36. The maximum absolute atomic E-state index is 13.9. The molecule has 0 bridgehead atoms. The van der Waals surface area contributed by atoms with Gasteiger partial charge in [0.1, 0.15) is 6.04 Å². The minimum atomic E-state index is -1.15. The first-order chi connectivity index (χ1) is 15.3. The molecule has 5 rings (SSSR count). The Hall–Kier alpha value is -2.87. The Morgan fingerprint density at radius 1 is 1.31 bits per heavy atom. The Morgan fingerprint density at radius 3 is 2.81 bits per heavy atom. The maximum atomic E-state index is 13.9. The van der Waals surface area contributed by atoms with E-state index in [2.05, 4.69) is 10.3 Å². The lowest BCUT2D eigenvalue weighted by molar-refractivity contribution is -0.141. The zero-order chi connectivity index (χ0) is 22.6. The first-order valence-electron chi connectivity index (χ1n) is 11.5. The molecule has 3 atom stereocenters. The van der Waals surface area contributed by atoms with Gasteiger partial charge in [-0.15, -0.1) is 0 Å². The predicted molar refractivity (Wildman–Crippen MR) is 119 cm³/mol. The third kappa shape index (κ3) is 2.96. The van der Waals surface area contributed by atoms with Crippen molar-refractivity contribution in [2.75, 3.05) is 19.7 Å². The fourth-order valence-electron chi connectivity index (χ4n) is 5.51. The Labute approximate surface area is 187 Å². The van der Waals surface area contributed by atoms with Crippen LogP contribution in [0, 0.1) is 5.92 Å². The van der Waals surface area contributed by atoms with Gasteiger partial charge in [-0.25, -0.2) is 9.69 Å². The minimum Gasteiger partial charge on any atom is -0.376 e. The van der Waals surface area contributed by atoms with Crippen molar-refractivity contribution in [1.29, 1.82) is 0 Å². The van der Waals surface area contributed by atoms with Crippen LogP contribution in [0.15, 0.2) is 24.3 Å². The second kappa shape index (κ2) is 7.62. The number of para-hydroxylation sites is 1. The predicted octanol–water partition coefficient (Wildman–Crippen LogP) is 2.52. The smallest absolute Gasteiger partial charge is 0.328 e. The third-order valence-corrected chi connectivity index (χ3v) is 7.20. The molecule has 170 valence electrons. The molecule has 8 nitrogen and oxygen atoms in total. The molecule has 2 N–H and O–H groups in total. The lowest BCUT2D eigenvalue weighted by atomic mass is 9.86. The van der Waals surface area contributed by atoms with Crippen LogP contribution in [-0.4, -0.2) is 64.5 Å². The van der Waals surface area contributed by atoms with E-state index in [9.17, 15) is 14.4 Å². The van der Waals surface area contributed by atoms with E-state index < -0.39 is 17.6 Å². The quantitative estimate of drug-likeness (QED) is 0.702. The number of nitrogens with zero attached hydrogens (tertiary/aromatic N) is 2. The van der Waals surface area contributed by atoms with Crippen molar-refractivity contribution in [3.8, 4) is 0 Å². The van der Waals surface area contributed by atoms with Crippen molar-refractivity contribution in [2.45, 2.75) is 57.7 Å². The largest absolute Gasteiger partial charge is 0.376 e. The van der Waals surface area contributed by atoms with Crippen molar-refractivity contribution < 1.29 is 19.1 Å². The summed E-state index contributed by atoms with van der Waals surface area (Å²) in [5.74, 6) is -0.877. The van der Waals surface area contributed by atoms with Gasteiger partial charge in [0.05, 0.1) is 11.8 Å². The summed E-state index contributed by atoms with van der Waals surface area (Å²) in [6, 6.07) is 6.69. The average molecular weight is 439 g/mol. The zero-order valence-electron chi connectivity index (χ0n) is 18.8. The van der Waals surface area contributed by atoms with E-state index in [-0.39, 0.29) is 23.8 Å². The van der Waals surface area contributed by atoms with E-state index in [1.807, 2.05) is 38.1 Å². The summed E-state index contributed by atoms with van der Waals surface area (Å²) in [7, 11) is 0. The van der Waals surface area contributed by atoms with E-state index in [4.69, 9.17) is 4.74 Å². The zero-order valence-corrected chi connectivity index (χ0v) is 18.8. The van der Waals surface area contributed by atoms with Gasteiger partial charge in [0.25, 0.3) is 5.91 Å². The van der Waals surface area contributed by atoms with Crippen molar-refractivity contribution >= 4 is 28.7 Å². The number of aromatic nitrogens is 1. The summed E-state index contributed by atoms with van der Waals surface area (Å²) in [4.78, 5) is 46.8. The number of urea groups is 1. The summed E-state index contributed by atoms with van der Waals surface area (Å²) in [5.41, 5.74) is 1.64. The molecule has 4 amide bonds. The molecule has 0 unspecified atom stereocenters. The minimum absolute atomic E-state index is 0.00509. The molecular weight excluding hydrogens is 408 g/mol. The molecule has 3 aliphatic heterocycles. The number of H-pyrrole nitrogens is 1. The van der Waals surface area contributed by atoms with Gasteiger partial charge in [0.2, 0.25) is 5.91 Å². The number of rotatable bonds is 5. The highest BCUT2D eigenvalue weighted by Crippen LogP contribution is 2.45. The Kier molecular flexibility index (Phi) is 5.00. The van der Waals surface area contributed by atoms with Gasteiger partial charge in [0.15, 0.2) is 5.54 Å². The van der Waals surface area contributed by atoms with E-state index in [1.165, 1.54) is 4.90 Å². The highest BCUT2D eigenvalue weighted by molar-refractivity contribution is 6.11. The Bertz CT molecular complexity index is 1090. The number of hydrogen-bond acceptors (Lipinski definition) is 4. The second-order valence-electron chi connectivity index (χ2n) is 9.52. The molecule has 2 fully saturated rings. The highest BCUT2D eigenvalue weighted by atomic mass is 16.5. The number of nitrogens with one attached hydrogen (secondary N) is 2.